The van der Waals surface area contributed by atoms with E-state index in [1.807, 2.05) is 17.5 Å². The van der Waals surface area contributed by atoms with Crippen LogP contribution in [0.5, 0.6) is 0 Å². The van der Waals surface area contributed by atoms with Crippen LogP contribution in [-0.4, -0.2) is 36.3 Å². The number of hydrogen-bond donors (Lipinski definition) is 1. The van der Waals surface area contributed by atoms with E-state index in [0.29, 0.717) is 5.75 Å². The molecule has 0 aromatic carbocycles. The van der Waals surface area contributed by atoms with E-state index < -0.39 is 12.0 Å². The summed E-state index contributed by atoms with van der Waals surface area (Å²) in [4.78, 5) is 22.3. The topological polar surface area (TPSA) is 95.5 Å². The highest BCUT2D eigenvalue weighted by molar-refractivity contribution is 7.99. The van der Waals surface area contributed by atoms with Crippen LogP contribution in [0.1, 0.15) is 10.1 Å². The van der Waals surface area contributed by atoms with Crippen molar-refractivity contribution >= 4 is 29.1 Å². The molecule has 0 fully saturated rings. The Morgan fingerprint density at radius 2 is 2.44 bits per heavy atom. The van der Waals surface area contributed by atoms with Crippen molar-refractivity contribution < 1.29 is 14.5 Å². The molecule has 0 bridgehead atoms. The van der Waals surface area contributed by atoms with Crippen LogP contribution in [0, 0.1) is 10.1 Å². The van der Waals surface area contributed by atoms with Crippen molar-refractivity contribution in [2.75, 3.05) is 19.4 Å². The third kappa shape index (κ3) is 4.63. The third-order valence-corrected chi connectivity index (χ3v) is 4.65. The predicted molar refractivity (Wildman–Crippen MR) is 71.4 cm³/mol. The van der Waals surface area contributed by atoms with Gasteiger partial charge in [0.15, 0.2) is 0 Å². The van der Waals surface area contributed by atoms with E-state index in [0.717, 1.165) is 4.88 Å². The van der Waals surface area contributed by atoms with Crippen molar-refractivity contribution in [3.63, 3.8) is 0 Å². The summed E-state index contributed by atoms with van der Waals surface area (Å²) in [6.07, 6.45) is 0. The Morgan fingerprint density at radius 3 is 2.94 bits per heavy atom. The summed E-state index contributed by atoms with van der Waals surface area (Å²) in [6.45, 7) is -0.181. The van der Waals surface area contributed by atoms with Crippen LogP contribution < -0.4 is 5.73 Å². The molecule has 100 valence electrons. The van der Waals surface area contributed by atoms with Crippen molar-refractivity contribution in [2.45, 2.75) is 11.3 Å². The van der Waals surface area contributed by atoms with Crippen LogP contribution in [0.3, 0.4) is 0 Å². The fraction of sp³-hybridized carbons (Fsp3) is 0.500. The molecule has 0 amide bonds. The van der Waals surface area contributed by atoms with E-state index in [1.165, 1.54) is 30.2 Å². The number of thioether (sulfide) groups is 1. The Balaban J connectivity index is 2.57. The number of thiophene rings is 1. The number of rotatable bonds is 7. The van der Waals surface area contributed by atoms with Gasteiger partial charge in [-0.1, -0.05) is 6.07 Å². The lowest BCUT2D eigenvalue weighted by atomic mass is 10.3. The molecule has 1 unspecified atom stereocenters. The summed E-state index contributed by atoms with van der Waals surface area (Å²) in [5, 5.41) is 12.2. The minimum absolute atomic E-state index is 0.181. The zero-order valence-corrected chi connectivity index (χ0v) is 11.4. The molecule has 0 aliphatic rings. The molecular formula is C10H14N2O4S2. The Morgan fingerprint density at radius 1 is 1.72 bits per heavy atom. The normalized spacial score (nSPS) is 13.9. The number of nitrogens with two attached hydrogens (primary N) is 1. The summed E-state index contributed by atoms with van der Waals surface area (Å²) in [7, 11) is 1.26. The van der Waals surface area contributed by atoms with Gasteiger partial charge >= 0.3 is 5.97 Å². The van der Waals surface area contributed by atoms with Crippen LogP contribution in [0.15, 0.2) is 17.5 Å². The van der Waals surface area contributed by atoms with Gasteiger partial charge in [0, 0.05) is 15.6 Å². The average Bonchev–Trinajstić information content (AvgIpc) is 2.86. The van der Waals surface area contributed by atoms with Gasteiger partial charge < -0.3 is 10.5 Å². The molecule has 0 saturated heterocycles. The zero-order valence-electron chi connectivity index (χ0n) is 9.78. The van der Waals surface area contributed by atoms with Crippen molar-refractivity contribution in [1.29, 1.82) is 0 Å². The first-order chi connectivity index (χ1) is 8.54. The number of carbonyl (C=O) groups is 1. The average molecular weight is 290 g/mol. The van der Waals surface area contributed by atoms with Crippen LogP contribution in [0.25, 0.3) is 0 Å². The molecule has 1 heterocycles. The highest BCUT2D eigenvalue weighted by Crippen LogP contribution is 2.32. The molecule has 0 radical (unpaired) electrons. The van der Waals surface area contributed by atoms with Gasteiger partial charge in [0.05, 0.1) is 7.11 Å². The summed E-state index contributed by atoms with van der Waals surface area (Å²) in [5.41, 5.74) is 5.60. The van der Waals surface area contributed by atoms with Gasteiger partial charge in [-0.05, 0) is 11.4 Å². The second-order valence-electron chi connectivity index (χ2n) is 3.48. The summed E-state index contributed by atoms with van der Waals surface area (Å²) in [5.74, 6) is -0.211. The second-order valence-corrected chi connectivity index (χ2v) is 5.70. The number of hydrogen-bond acceptors (Lipinski definition) is 7. The maximum atomic E-state index is 11.1. The lowest BCUT2D eigenvalue weighted by Gasteiger charge is -2.13. The van der Waals surface area contributed by atoms with Crippen LogP contribution >= 0.6 is 23.1 Å². The van der Waals surface area contributed by atoms with Gasteiger partial charge in [-0.3, -0.25) is 14.9 Å². The number of methoxy groups -OCH3 is 1. The van der Waals surface area contributed by atoms with Crippen LogP contribution in [-0.2, 0) is 9.53 Å². The van der Waals surface area contributed by atoms with E-state index in [-0.39, 0.29) is 16.7 Å². The van der Waals surface area contributed by atoms with Crippen LogP contribution in [0.2, 0.25) is 0 Å². The fourth-order valence-corrected chi connectivity index (χ4v) is 3.39. The molecule has 6 nitrogen and oxygen atoms in total. The molecule has 2 atom stereocenters. The predicted octanol–water partition coefficient (Wildman–Crippen LogP) is 1.30. The first kappa shape index (κ1) is 14.9. The zero-order chi connectivity index (χ0) is 13.5. The van der Waals surface area contributed by atoms with Gasteiger partial charge in [0.1, 0.15) is 11.3 Å². The Kier molecular flexibility index (Phi) is 6.10. The first-order valence-corrected chi connectivity index (χ1v) is 7.07. The molecule has 0 aliphatic carbocycles. The summed E-state index contributed by atoms with van der Waals surface area (Å²) >= 11 is 2.76. The van der Waals surface area contributed by atoms with Gasteiger partial charge in [0.2, 0.25) is 6.54 Å². The minimum Gasteiger partial charge on any atom is -0.468 e. The highest BCUT2D eigenvalue weighted by Gasteiger charge is 2.22. The SMILES string of the molecule is COC(=O)[C@@H](N)CSC(C[N+](=O)[O-])c1cccs1. The largest absolute Gasteiger partial charge is 0.468 e. The molecule has 1 rings (SSSR count). The quantitative estimate of drug-likeness (QED) is 0.462. The number of carbonyl (C=O) groups excluding carboxylic acids is 1. The molecular weight excluding hydrogens is 276 g/mol. The molecule has 1 aromatic heterocycles. The first-order valence-electron chi connectivity index (χ1n) is 5.14. The maximum absolute atomic E-state index is 11.1. The van der Waals surface area contributed by atoms with E-state index in [2.05, 4.69) is 4.74 Å². The molecule has 2 N–H and O–H groups in total. The van der Waals surface area contributed by atoms with E-state index >= 15 is 0 Å². The van der Waals surface area contributed by atoms with Crippen LogP contribution in [0.4, 0.5) is 0 Å². The van der Waals surface area contributed by atoms with E-state index in [1.54, 1.807) is 0 Å². The standard InChI is InChI=1S/C10H14N2O4S2/c1-16-10(13)7(11)6-18-9(5-12(14)15)8-3-2-4-17-8/h2-4,7,9H,5-6,11H2,1H3/t7-,9?/m0/s1. The monoisotopic (exact) mass is 290 g/mol. The van der Waals surface area contributed by atoms with Crippen molar-refractivity contribution in [3.05, 3.63) is 32.5 Å². The Hall–Kier alpha value is -1.12. The summed E-state index contributed by atoms with van der Waals surface area (Å²) < 4.78 is 4.51. The fourth-order valence-electron chi connectivity index (χ4n) is 1.27. The van der Waals surface area contributed by atoms with Crippen molar-refractivity contribution in [2.24, 2.45) is 5.73 Å². The lowest BCUT2D eigenvalue weighted by Crippen LogP contribution is -2.34. The lowest BCUT2D eigenvalue weighted by molar-refractivity contribution is -0.479. The Bertz CT molecular complexity index is 397. The van der Waals surface area contributed by atoms with Crippen molar-refractivity contribution in [1.82, 2.24) is 0 Å². The minimum atomic E-state index is -0.755. The molecule has 0 spiro atoms. The molecule has 0 saturated carbocycles. The number of nitrogens with zero attached hydrogens (tertiary/aromatic N) is 1. The molecule has 8 heteroatoms. The van der Waals surface area contributed by atoms with E-state index in [4.69, 9.17) is 5.73 Å². The smallest absolute Gasteiger partial charge is 0.323 e. The highest BCUT2D eigenvalue weighted by atomic mass is 32.2. The number of nitro groups is 1. The number of esters is 1. The van der Waals surface area contributed by atoms with Crippen molar-refractivity contribution in [3.8, 4) is 0 Å². The number of ether oxygens (including phenoxy) is 1. The van der Waals surface area contributed by atoms with Gasteiger partial charge in [-0.25, -0.2) is 0 Å². The van der Waals surface area contributed by atoms with Gasteiger partial charge in [0.25, 0.3) is 0 Å². The molecule has 18 heavy (non-hydrogen) atoms. The molecule has 1 aromatic rings. The van der Waals surface area contributed by atoms with E-state index in [9.17, 15) is 14.9 Å². The third-order valence-electron chi connectivity index (χ3n) is 2.16. The molecule has 0 aliphatic heterocycles. The Labute approximate surface area is 113 Å². The second kappa shape index (κ2) is 7.34. The van der Waals surface area contributed by atoms with Gasteiger partial charge in [-0.2, -0.15) is 0 Å². The van der Waals surface area contributed by atoms with Gasteiger partial charge in [-0.15, -0.1) is 23.1 Å². The maximum Gasteiger partial charge on any atom is 0.323 e. The summed E-state index contributed by atoms with van der Waals surface area (Å²) in [6, 6.07) is 2.93.